The van der Waals surface area contributed by atoms with Gasteiger partial charge in [0.15, 0.2) is 5.65 Å². The molecule has 4 rings (SSSR count). The van der Waals surface area contributed by atoms with Gasteiger partial charge in [0.05, 0.1) is 6.20 Å². The molecule has 0 radical (unpaired) electrons. The zero-order chi connectivity index (χ0) is 18.8. The van der Waals surface area contributed by atoms with Crippen LogP contribution in [0.1, 0.15) is 32.9 Å². The van der Waals surface area contributed by atoms with Gasteiger partial charge in [0.1, 0.15) is 11.4 Å². The Bertz CT molecular complexity index is 918. The first-order valence-electron chi connectivity index (χ1n) is 9.21. The molecule has 1 saturated heterocycles. The summed E-state index contributed by atoms with van der Waals surface area (Å²) in [6.45, 7) is 6.07. The number of hydrogen-bond acceptors (Lipinski definition) is 6. The zero-order valence-electron chi connectivity index (χ0n) is 15.4. The average Bonchev–Trinajstić information content (AvgIpc) is 3.31. The quantitative estimate of drug-likeness (QED) is 0.650. The maximum absolute atomic E-state index is 6.63. The summed E-state index contributed by atoms with van der Waals surface area (Å²) in [7, 11) is 0. The highest BCUT2D eigenvalue weighted by Gasteiger charge is 2.18. The summed E-state index contributed by atoms with van der Waals surface area (Å²) in [5, 5.41) is 12.8. The van der Waals surface area contributed by atoms with Crippen molar-refractivity contribution in [1.29, 1.82) is 0 Å². The van der Waals surface area contributed by atoms with Crippen LogP contribution in [0, 0.1) is 0 Å². The Morgan fingerprint density at radius 2 is 2.19 bits per heavy atom. The average molecular weight is 391 g/mol. The highest BCUT2D eigenvalue weighted by atomic mass is 35.5. The van der Waals surface area contributed by atoms with Gasteiger partial charge in [-0.3, -0.25) is 0 Å². The molecule has 0 spiro atoms. The van der Waals surface area contributed by atoms with Crippen molar-refractivity contribution >= 4 is 23.2 Å². The van der Waals surface area contributed by atoms with Gasteiger partial charge >= 0.3 is 0 Å². The lowest BCUT2D eigenvalue weighted by Crippen LogP contribution is -2.28. The Morgan fingerprint density at radius 3 is 2.96 bits per heavy atom. The van der Waals surface area contributed by atoms with E-state index in [4.69, 9.17) is 21.1 Å². The number of hydrogen-bond donors (Lipinski definition) is 1. The lowest BCUT2D eigenvalue weighted by Gasteiger charge is -2.22. The molecule has 0 amide bonds. The van der Waals surface area contributed by atoms with Gasteiger partial charge in [-0.25, -0.2) is 4.68 Å². The summed E-state index contributed by atoms with van der Waals surface area (Å²) in [6.07, 6.45) is 5.47. The van der Waals surface area contributed by atoms with Gasteiger partial charge in [0, 0.05) is 43.2 Å². The van der Waals surface area contributed by atoms with Crippen molar-refractivity contribution in [1.82, 2.24) is 24.4 Å². The van der Waals surface area contributed by atoms with Gasteiger partial charge < -0.3 is 14.8 Å². The van der Waals surface area contributed by atoms with Crippen molar-refractivity contribution in [2.24, 2.45) is 0 Å². The predicted molar refractivity (Wildman–Crippen MR) is 103 cm³/mol. The van der Waals surface area contributed by atoms with Crippen molar-refractivity contribution in [2.75, 3.05) is 25.1 Å². The minimum Gasteiger partial charge on any atom is -0.381 e. The van der Waals surface area contributed by atoms with Crippen molar-refractivity contribution < 1.29 is 9.47 Å². The molecule has 1 N–H and O–H groups in total. The highest BCUT2D eigenvalue weighted by Crippen LogP contribution is 2.29. The lowest BCUT2D eigenvalue weighted by molar-refractivity contribution is 0.0160. The number of rotatable bonds is 6. The van der Waals surface area contributed by atoms with Crippen LogP contribution in [-0.4, -0.2) is 50.2 Å². The molecule has 3 aromatic heterocycles. The predicted octanol–water partition coefficient (Wildman–Crippen LogP) is 3.39. The first-order chi connectivity index (χ1) is 13.2. The largest absolute Gasteiger partial charge is 0.381 e. The first-order valence-corrected chi connectivity index (χ1v) is 9.59. The molecular formula is C18H23ClN6O2. The molecule has 1 atom stereocenters. The van der Waals surface area contributed by atoms with Crippen LogP contribution < -0.4 is 5.32 Å². The van der Waals surface area contributed by atoms with Crippen molar-refractivity contribution in [3.05, 3.63) is 29.7 Å². The van der Waals surface area contributed by atoms with E-state index in [2.05, 4.69) is 20.5 Å². The molecule has 0 bridgehead atoms. The van der Waals surface area contributed by atoms with Crippen LogP contribution in [-0.2, 0) is 9.47 Å². The summed E-state index contributed by atoms with van der Waals surface area (Å²) in [6, 6.07) is 4.18. The van der Waals surface area contributed by atoms with E-state index >= 15 is 0 Å². The molecule has 0 aliphatic carbocycles. The third-order valence-electron chi connectivity index (χ3n) is 4.69. The lowest BCUT2D eigenvalue weighted by atomic mass is 10.1. The molecule has 9 heteroatoms. The number of nitrogens with zero attached hydrogens (tertiary/aromatic N) is 5. The molecule has 1 aliphatic rings. The Kier molecular flexibility index (Phi) is 5.29. The van der Waals surface area contributed by atoms with E-state index in [0.29, 0.717) is 29.4 Å². The van der Waals surface area contributed by atoms with Crippen molar-refractivity contribution in [3.63, 3.8) is 0 Å². The van der Waals surface area contributed by atoms with Crippen LogP contribution in [0.15, 0.2) is 24.5 Å². The third-order valence-corrected chi connectivity index (χ3v) is 5.05. The molecule has 1 unspecified atom stereocenters. The standard InChI is InChI=1S/C18H23ClN6O2/c1-3-27-12(2)24-11-13(10-20-24)15-4-5-16-22-18(23-25(16)17(15)19)21-14-6-8-26-9-7-14/h4-5,10-12,14H,3,6-9H2,1-2H3,(H,21,23). The molecule has 3 aromatic rings. The molecule has 4 heterocycles. The Morgan fingerprint density at radius 1 is 1.37 bits per heavy atom. The Balaban J connectivity index is 1.60. The molecule has 0 aromatic carbocycles. The van der Waals surface area contributed by atoms with Crippen LogP contribution in [0.2, 0.25) is 5.15 Å². The second kappa shape index (κ2) is 7.84. The maximum atomic E-state index is 6.63. The van der Waals surface area contributed by atoms with Gasteiger partial charge in [-0.1, -0.05) is 11.6 Å². The Labute approximate surface area is 162 Å². The van der Waals surface area contributed by atoms with Crippen LogP contribution in [0.4, 0.5) is 5.95 Å². The molecular weight excluding hydrogens is 368 g/mol. The monoisotopic (exact) mass is 390 g/mol. The van der Waals surface area contributed by atoms with Gasteiger partial charge in [-0.15, -0.1) is 5.10 Å². The van der Waals surface area contributed by atoms with E-state index in [0.717, 1.165) is 37.2 Å². The fourth-order valence-electron chi connectivity index (χ4n) is 3.21. The van der Waals surface area contributed by atoms with Crippen molar-refractivity contribution in [3.8, 4) is 11.1 Å². The van der Waals surface area contributed by atoms with Crippen LogP contribution in [0.3, 0.4) is 0 Å². The molecule has 1 fully saturated rings. The van der Waals surface area contributed by atoms with Gasteiger partial charge in [0.2, 0.25) is 5.95 Å². The maximum Gasteiger partial charge on any atom is 0.243 e. The summed E-state index contributed by atoms with van der Waals surface area (Å²) in [5.41, 5.74) is 2.46. The van der Waals surface area contributed by atoms with Gasteiger partial charge in [-0.05, 0) is 38.8 Å². The molecule has 27 heavy (non-hydrogen) atoms. The summed E-state index contributed by atoms with van der Waals surface area (Å²) in [5.74, 6) is 0.585. The van der Waals surface area contributed by atoms with Crippen molar-refractivity contribution in [2.45, 2.75) is 39.0 Å². The fourth-order valence-corrected chi connectivity index (χ4v) is 3.51. The smallest absolute Gasteiger partial charge is 0.243 e. The minimum atomic E-state index is -0.132. The second-order valence-corrected chi connectivity index (χ2v) is 6.90. The number of fused-ring (bicyclic) bond motifs is 1. The van der Waals surface area contributed by atoms with E-state index in [9.17, 15) is 0 Å². The van der Waals surface area contributed by atoms with Gasteiger partial charge in [-0.2, -0.15) is 14.6 Å². The van der Waals surface area contributed by atoms with E-state index in [-0.39, 0.29) is 6.23 Å². The number of halogens is 1. The first kappa shape index (κ1) is 18.2. The summed E-state index contributed by atoms with van der Waals surface area (Å²) in [4.78, 5) is 4.53. The van der Waals surface area contributed by atoms with Crippen LogP contribution >= 0.6 is 11.6 Å². The topological polar surface area (TPSA) is 78.5 Å². The molecule has 0 saturated carbocycles. The second-order valence-electron chi connectivity index (χ2n) is 6.54. The van der Waals surface area contributed by atoms with E-state index in [1.54, 1.807) is 15.4 Å². The molecule has 144 valence electrons. The third kappa shape index (κ3) is 3.78. The normalized spacial score (nSPS) is 16.7. The molecule has 8 nitrogen and oxygen atoms in total. The fraction of sp³-hybridized carbons (Fsp3) is 0.500. The highest BCUT2D eigenvalue weighted by molar-refractivity contribution is 6.32. The number of pyridine rings is 1. The summed E-state index contributed by atoms with van der Waals surface area (Å²) >= 11 is 6.63. The van der Waals surface area contributed by atoms with E-state index in [1.807, 2.05) is 32.2 Å². The van der Waals surface area contributed by atoms with E-state index in [1.165, 1.54) is 0 Å². The van der Waals surface area contributed by atoms with E-state index < -0.39 is 0 Å². The number of nitrogens with one attached hydrogen (secondary N) is 1. The van der Waals surface area contributed by atoms with Gasteiger partial charge in [0.25, 0.3) is 0 Å². The summed E-state index contributed by atoms with van der Waals surface area (Å²) < 4.78 is 14.4. The van der Waals surface area contributed by atoms with Crippen LogP contribution in [0.5, 0.6) is 0 Å². The molecule has 1 aliphatic heterocycles. The zero-order valence-corrected chi connectivity index (χ0v) is 16.2. The SMILES string of the molecule is CCOC(C)n1cc(-c2ccc3nc(NC4CCOCC4)nn3c2Cl)cn1. The minimum absolute atomic E-state index is 0.132. The number of aromatic nitrogens is 5. The number of anilines is 1. The Hall–Kier alpha value is -2.16. The number of ether oxygens (including phenoxy) is 2. The van der Waals surface area contributed by atoms with Crippen LogP contribution in [0.25, 0.3) is 16.8 Å².